The molecule has 0 amide bonds. The van der Waals surface area contributed by atoms with Gasteiger partial charge in [-0.25, -0.2) is 4.98 Å². The smallest absolute Gasteiger partial charge is 0.201 e. The molecule has 6 nitrogen and oxygen atoms in total. The fourth-order valence-corrected chi connectivity index (χ4v) is 2.42. The van der Waals surface area contributed by atoms with Crippen LogP contribution < -0.4 is 5.73 Å². The predicted molar refractivity (Wildman–Crippen MR) is 73.7 cm³/mol. The lowest BCUT2D eigenvalue weighted by atomic mass is 10.2. The molecule has 0 aliphatic carbocycles. The van der Waals surface area contributed by atoms with Gasteiger partial charge < -0.3 is 10.3 Å². The third-order valence-electron chi connectivity index (χ3n) is 3.38. The minimum atomic E-state index is -0.0137. The minimum Gasteiger partial charge on any atom is -0.369 e. The van der Waals surface area contributed by atoms with Crippen LogP contribution in [-0.4, -0.2) is 24.3 Å². The van der Waals surface area contributed by atoms with Crippen molar-refractivity contribution in [1.82, 2.24) is 24.3 Å². The Morgan fingerprint density at radius 2 is 2.11 bits per heavy atom. The van der Waals surface area contributed by atoms with E-state index >= 15 is 0 Å². The lowest BCUT2D eigenvalue weighted by molar-refractivity contribution is 0.594. The highest BCUT2D eigenvalue weighted by atomic mass is 15.3. The Morgan fingerprint density at radius 3 is 2.79 bits per heavy atom. The van der Waals surface area contributed by atoms with E-state index in [1.807, 2.05) is 42.2 Å². The van der Waals surface area contributed by atoms with Crippen LogP contribution in [0.25, 0.3) is 11.0 Å². The molecule has 3 aromatic rings. The van der Waals surface area contributed by atoms with Gasteiger partial charge in [0.2, 0.25) is 5.95 Å². The molecule has 1 unspecified atom stereocenters. The van der Waals surface area contributed by atoms with Gasteiger partial charge in [0.1, 0.15) is 6.33 Å². The molecule has 0 saturated carbocycles. The SMILES string of the molecule is Cc1ccc2c(c1)nc(N)n2C(C)c1nncn1C. The first-order valence-electron chi connectivity index (χ1n) is 6.16. The van der Waals surface area contributed by atoms with Crippen molar-refractivity contribution in [2.75, 3.05) is 5.73 Å². The van der Waals surface area contributed by atoms with Gasteiger partial charge in [-0.05, 0) is 31.5 Å². The summed E-state index contributed by atoms with van der Waals surface area (Å²) in [6, 6.07) is 6.12. The standard InChI is InChI=1S/C13H16N6/c1-8-4-5-11-10(6-8)16-13(14)19(11)9(2)12-17-15-7-18(12)3/h4-7,9H,1-3H3,(H2,14,16). The molecule has 0 aliphatic heterocycles. The molecule has 6 heteroatoms. The summed E-state index contributed by atoms with van der Waals surface area (Å²) in [4.78, 5) is 4.42. The zero-order chi connectivity index (χ0) is 13.6. The fraction of sp³-hybridized carbons (Fsp3) is 0.308. The van der Waals surface area contributed by atoms with Crippen LogP contribution in [0.1, 0.15) is 24.4 Å². The second-order valence-electron chi connectivity index (χ2n) is 4.81. The molecule has 2 aromatic heterocycles. The van der Waals surface area contributed by atoms with Gasteiger partial charge >= 0.3 is 0 Å². The summed E-state index contributed by atoms with van der Waals surface area (Å²) in [6.45, 7) is 4.09. The molecule has 1 aromatic carbocycles. The van der Waals surface area contributed by atoms with Gasteiger partial charge in [0.05, 0.1) is 17.1 Å². The van der Waals surface area contributed by atoms with Crippen molar-refractivity contribution < 1.29 is 0 Å². The first-order chi connectivity index (χ1) is 9.08. The Labute approximate surface area is 110 Å². The number of hydrogen-bond donors (Lipinski definition) is 1. The number of hydrogen-bond acceptors (Lipinski definition) is 4. The van der Waals surface area contributed by atoms with Gasteiger partial charge in [0.15, 0.2) is 5.82 Å². The molecular formula is C13H16N6. The van der Waals surface area contributed by atoms with Crippen LogP contribution in [0.5, 0.6) is 0 Å². The number of fused-ring (bicyclic) bond motifs is 1. The van der Waals surface area contributed by atoms with Crippen LogP contribution >= 0.6 is 0 Å². The Bertz CT molecular complexity index is 739. The van der Waals surface area contributed by atoms with Crippen LogP contribution in [0, 0.1) is 6.92 Å². The van der Waals surface area contributed by atoms with E-state index in [0.29, 0.717) is 5.95 Å². The average molecular weight is 256 g/mol. The Hall–Kier alpha value is -2.37. The number of rotatable bonds is 2. The minimum absolute atomic E-state index is 0.0137. The van der Waals surface area contributed by atoms with E-state index in [1.54, 1.807) is 6.33 Å². The van der Waals surface area contributed by atoms with E-state index in [2.05, 4.69) is 21.2 Å². The van der Waals surface area contributed by atoms with E-state index in [-0.39, 0.29) is 6.04 Å². The number of imidazole rings is 1. The number of aryl methyl sites for hydroxylation is 2. The van der Waals surface area contributed by atoms with Gasteiger partial charge in [-0.15, -0.1) is 10.2 Å². The van der Waals surface area contributed by atoms with Gasteiger partial charge in [0.25, 0.3) is 0 Å². The van der Waals surface area contributed by atoms with Crippen LogP contribution in [-0.2, 0) is 7.05 Å². The van der Waals surface area contributed by atoms with Crippen molar-refractivity contribution in [3.63, 3.8) is 0 Å². The maximum Gasteiger partial charge on any atom is 0.201 e. The van der Waals surface area contributed by atoms with Gasteiger partial charge in [-0.1, -0.05) is 6.07 Å². The lowest BCUT2D eigenvalue weighted by Gasteiger charge is -2.15. The summed E-state index contributed by atoms with van der Waals surface area (Å²) in [7, 11) is 1.92. The number of aromatic nitrogens is 5. The van der Waals surface area contributed by atoms with Crippen LogP contribution in [0.4, 0.5) is 5.95 Å². The maximum absolute atomic E-state index is 6.05. The molecule has 1 atom stereocenters. The quantitative estimate of drug-likeness (QED) is 0.756. The second kappa shape index (κ2) is 4.08. The third-order valence-corrected chi connectivity index (χ3v) is 3.38. The highest BCUT2D eigenvalue weighted by molar-refractivity contribution is 5.79. The Kier molecular flexibility index (Phi) is 2.51. The zero-order valence-corrected chi connectivity index (χ0v) is 11.2. The highest BCUT2D eigenvalue weighted by Crippen LogP contribution is 2.26. The second-order valence-corrected chi connectivity index (χ2v) is 4.81. The van der Waals surface area contributed by atoms with Crippen molar-refractivity contribution in [3.8, 4) is 0 Å². The molecular weight excluding hydrogens is 240 g/mol. The molecule has 0 radical (unpaired) electrons. The summed E-state index contributed by atoms with van der Waals surface area (Å²) >= 11 is 0. The van der Waals surface area contributed by atoms with Crippen molar-refractivity contribution in [2.24, 2.45) is 7.05 Å². The topological polar surface area (TPSA) is 74.6 Å². The van der Waals surface area contributed by atoms with Crippen molar-refractivity contribution in [1.29, 1.82) is 0 Å². The third kappa shape index (κ3) is 1.76. The Morgan fingerprint density at radius 1 is 1.32 bits per heavy atom. The van der Waals surface area contributed by atoms with Crippen LogP contribution in [0.15, 0.2) is 24.5 Å². The molecule has 3 rings (SSSR count). The zero-order valence-electron chi connectivity index (χ0n) is 11.2. The van der Waals surface area contributed by atoms with E-state index in [1.165, 1.54) is 5.56 Å². The van der Waals surface area contributed by atoms with Crippen LogP contribution in [0.3, 0.4) is 0 Å². The lowest BCUT2D eigenvalue weighted by Crippen LogP contribution is -2.14. The average Bonchev–Trinajstić information content (AvgIpc) is 2.90. The summed E-state index contributed by atoms with van der Waals surface area (Å²) in [5, 5.41) is 8.06. The molecule has 19 heavy (non-hydrogen) atoms. The molecule has 98 valence electrons. The van der Waals surface area contributed by atoms with Crippen molar-refractivity contribution in [3.05, 3.63) is 35.9 Å². The van der Waals surface area contributed by atoms with Gasteiger partial charge in [0, 0.05) is 7.05 Å². The van der Waals surface area contributed by atoms with Crippen molar-refractivity contribution >= 4 is 17.0 Å². The molecule has 0 aliphatic rings. The summed E-state index contributed by atoms with van der Waals surface area (Å²) in [6.07, 6.45) is 1.69. The van der Waals surface area contributed by atoms with E-state index in [4.69, 9.17) is 5.73 Å². The monoisotopic (exact) mass is 256 g/mol. The van der Waals surface area contributed by atoms with Crippen LogP contribution in [0.2, 0.25) is 0 Å². The molecule has 2 N–H and O–H groups in total. The predicted octanol–water partition coefficient (Wildman–Crippen LogP) is 1.66. The fourth-order valence-electron chi connectivity index (χ4n) is 2.42. The van der Waals surface area contributed by atoms with E-state index < -0.39 is 0 Å². The molecule has 0 bridgehead atoms. The number of nitrogens with zero attached hydrogens (tertiary/aromatic N) is 5. The number of anilines is 1. The maximum atomic E-state index is 6.05. The van der Waals surface area contributed by atoms with E-state index in [0.717, 1.165) is 16.9 Å². The first-order valence-corrected chi connectivity index (χ1v) is 6.16. The number of benzene rings is 1. The summed E-state index contributed by atoms with van der Waals surface area (Å²) < 4.78 is 3.88. The first kappa shape index (κ1) is 11.7. The molecule has 0 saturated heterocycles. The highest BCUT2D eigenvalue weighted by Gasteiger charge is 2.19. The largest absolute Gasteiger partial charge is 0.369 e. The number of nitrogen functional groups attached to an aromatic ring is 1. The summed E-state index contributed by atoms with van der Waals surface area (Å²) in [5.74, 6) is 1.35. The van der Waals surface area contributed by atoms with E-state index in [9.17, 15) is 0 Å². The Balaban J connectivity index is 2.20. The molecule has 0 fully saturated rings. The molecule has 2 heterocycles. The number of nitrogens with two attached hydrogens (primary N) is 1. The molecule has 0 spiro atoms. The summed E-state index contributed by atoms with van der Waals surface area (Å²) in [5.41, 5.74) is 9.15. The van der Waals surface area contributed by atoms with Gasteiger partial charge in [-0.3, -0.25) is 4.57 Å². The van der Waals surface area contributed by atoms with Gasteiger partial charge in [-0.2, -0.15) is 0 Å². The normalized spacial score (nSPS) is 13.0. The van der Waals surface area contributed by atoms with Crippen molar-refractivity contribution in [2.45, 2.75) is 19.9 Å².